The first kappa shape index (κ1) is 21.1. The molecular weight excluding hydrogens is 344 g/mol. The molecule has 3 heteroatoms. The molecule has 0 heterocycles. The molecule has 0 saturated carbocycles. The van der Waals surface area contributed by atoms with Crippen molar-refractivity contribution in [2.24, 2.45) is 5.16 Å². The average molecular weight is 383 g/mol. The zero-order valence-electron chi connectivity index (χ0n) is 18.0. The van der Waals surface area contributed by atoms with E-state index in [0.29, 0.717) is 6.61 Å². The second-order valence-electron chi connectivity index (χ2n) is 8.37. The molecule has 1 atom stereocenters. The molecule has 0 amide bonds. The molecule has 154 valence electrons. The molecule has 0 spiro atoms. The standard InChI is InChI=1S/C25H38N2O/c1-3-5-17-27(18-6-4-2)23-15-16-24-22(19-23)13-10-14-25(24)26-28-20-21-11-8-7-9-12-21/h7-9,11-12,23H,3-6,10,13-20H2,1-2H3/b26-25-. The highest BCUT2D eigenvalue weighted by atomic mass is 16.6. The Bertz CT molecular complexity index is 642. The van der Waals surface area contributed by atoms with Gasteiger partial charge >= 0.3 is 0 Å². The molecule has 1 aromatic carbocycles. The molecule has 3 rings (SSSR count). The maximum atomic E-state index is 5.73. The van der Waals surface area contributed by atoms with Crippen molar-refractivity contribution < 1.29 is 4.84 Å². The van der Waals surface area contributed by atoms with Gasteiger partial charge in [-0.15, -0.1) is 0 Å². The molecule has 1 unspecified atom stereocenters. The van der Waals surface area contributed by atoms with E-state index in [1.54, 1.807) is 5.57 Å². The third-order valence-corrected chi connectivity index (χ3v) is 6.24. The van der Waals surface area contributed by atoms with Gasteiger partial charge in [0.2, 0.25) is 0 Å². The van der Waals surface area contributed by atoms with Gasteiger partial charge in [0, 0.05) is 6.04 Å². The van der Waals surface area contributed by atoms with Crippen LogP contribution >= 0.6 is 0 Å². The summed E-state index contributed by atoms with van der Waals surface area (Å²) in [5.41, 5.74) is 5.61. The summed E-state index contributed by atoms with van der Waals surface area (Å²) in [6.07, 6.45) is 12.5. The molecule has 0 bridgehead atoms. The molecular formula is C25H38N2O. The number of hydrogen-bond acceptors (Lipinski definition) is 3. The third-order valence-electron chi connectivity index (χ3n) is 6.24. The zero-order chi connectivity index (χ0) is 19.6. The number of allylic oxidation sites excluding steroid dienone is 1. The Hall–Kier alpha value is -1.61. The highest BCUT2D eigenvalue weighted by Gasteiger charge is 2.29. The van der Waals surface area contributed by atoms with E-state index in [0.717, 1.165) is 12.5 Å². The molecule has 3 nitrogen and oxygen atoms in total. The van der Waals surface area contributed by atoms with Crippen LogP contribution in [0.25, 0.3) is 0 Å². The third kappa shape index (κ3) is 5.94. The summed E-state index contributed by atoms with van der Waals surface area (Å²) in [7, 11) is 0. The van der Waals surface area contributed by atoms with Crippen LogP contribution in [0.2, 0.25) is 0 Å². The highest BCUT2D eigenvalue weighted by molar-refractivity contribution is 6.01. The Kier molecular flexibility index (Phi) is 8.60. The van der Waals surface area contributed by atoms with Crippen LogP contribution in [0.15, 0.2) is 46.6 Å². The normalized spacial score (nSPS) is 21.2. The Morgan fingerprint density at radius 2 is 1.75 bits per heavy atom. The van der Waals surface area contributed by atoms with Crippen molar-refractivity contribution in [3.63, 3.8) is 0 Å². The SMILES string of the molecule is CCCCN(CCCC)C1CCC2=C(CCC/C2=N/OCc2ccccc2)C1. The van der Waals surface area contributed by atoms with Gasteiger partial charge in [-0.1, -0.05) is 67.7 Å². The van der Waals surface area contributed by atoms with Crippen LogP contribution in [0.5, 0.6) is 0 Å². The molecule has 0 fully saturated rings. The molecule has 0 N–H and O–H groups in total. The maximum Gasteiger partial charge on any atom is 0.142 e. The quantitative estimate of drug-likeness (QED) is 0.432. The average Bonchev–Trinajstić information content (AvgIpc) is 2.74. The number of oxime groups is 1. The molecule has 1 aromatic rings. The molecule has 2 aliphatic rings. The lowest BCUT2D eigenvalue weighted by Crippen LogP contribution is -2.39. The van der Waals surface area contributed by atoms with Crippen molar-refractivity contribution in [3.05, 3.63) is 47.0 Å². The largest absolute Gasteiger partial charge is 0.391 e. The fraction of sp³-hybridized carbons (Fsp3) is 0.640. The Balaban J connectivity index is 1.62. The Morgan fingerprint density at radius 3 is 2.46 bits per heavy atom. The minimum atomic E-state index is 0.567. The van der Waals surface area contributed by atoms with E-state index in [2.05, 4.69) is 48.2 Å². The van der Waals surface area contributed by atoms with Crippen molar-refractivity contribution in [3.8, 4) is 0 Å². The van der Waals surface area contributed by atoms with E-state index < -0.39 is 0 Å². The van der Waals surface area contributed by atoms with Gasteiger partial charge in [-0.3, -0.25) is 0 Å². The van der Waals surface area contributed by atoms with Gasteiger partial charge in [0.25, 0.3) is 0 Å². The summed E-state index contributed by atoms with van der Waals surface area (Å²) in [6.45, 7) is 7.71. The molecule has 0 radical (unpaired) electrons. The summed E-state index contributed by atoms with van der Waals surface area (Å²) < 4.78 is 0. The first-order valence-corrected chi connectivity index (χ1v) is 11.5. The fourth-order valence-corrected chi connectivity index (χ4v) is 4.59. The Labute approximate surface area is 171 Å². The minimum Gasteiger partial charge on any atom is -0.391 e. The lowest BCUT2D eigenvalue weighted by Gasteiger charge is -2.38. The molecule has 28 heavy (non-hydrogen) atoms. The van der Waals surface area contributed by atoms with Gasteiger partial charge < -0.3 is 9.74 Å². The van der Waals surface area contributed by atoms with Gasteiger partial charge in [0.1, 0.15) is 6.61 Å². The van der Waals surface area contributed by atoms with Crippen molar-refractivity contribution in [2.45, 2.75) is 90.7 Å². The second-order valence-corrected chi connectivity index (χ2v) is 8.37. The zero-order valence-corrected chi connectivity index (χ0v) is 18.0. The molecule has 2 aliphatic carbocycles. The molecule has 0 aliphatic heterocycles. The van der Waals surface area contributed by atoms with Crippen LogP contribution in [-0.2, 0) is 11.4 Å². The number of unbranched alkanes of at least 4 members (excludes halogenated alkanes) is 2. The van der Waals surface area contributed by atoms with Crippen molar-refractivity contribution in [1.29, 1.82) is 0 Å². The van der Waals surface area contributed by atoms with Crippen LogP contribution in [0.1, 0.15) is 83.6 Å². The summed E-state index contributed by atoms with van der Waals surface area (Å²) in [5, 5.41) is 4.58. The maximum absolute atomic E-state index is 5.73. The predicted octanol–water partition coefficient (Wildman–Crippen LogP) is 6.49. The summed E-state index contributed by atoms with van der Waals surface area (Å²) in [4.78, 5) is 8.52. The number of nitrogens with zero attached hydrogens (tertiary/aromatic N) is 2. The summed E-state index contributed by atoms with van der Waals surface area (Å²) >= 11 is 0. The van der Waals surface area contributed by atoms with Crippen molar-refractivity contribution in [1.82, 2.24) is 4.90 Å². The lowest BCUT2D eigenvalue weighted by molar-refractivity contribution is 0.129. The minimum absolute atomic E-state index is 0.567. The van der Waals surface area contributed by atoms with E-state index in [9.17, 15) is 0 Å². The smallest absolute Gasteiger partial charge is 0.142 e. The van der Waals surface area contributed by atoms with Crippen LogP contribution in [0.4, 0.5) is 0 Å². The van der Waals surface area contributed by atoms with E-state index >= 15 is 0 Å². The second kappa shape index (κ2) is 11.4. The van der Waals surface area contributed by atoms with Gasteiger partial charge in [-0.2, -0.15) is 0 Å². The Morgan fingerprint density at radius 1 is 1.00 bits per heavy atom. The summed E-state index contributed by atoms with van der Waals surface area (Å²) in [6, 6.07) is 11.1. The number of hydrogen-bond donors (Lipinski definition) is 0. The van der Waals surface area contributed by atoms with E-state index in [4.69, 9.17) is 4.84 Å². The number of benzene rings is 1. The van der Waals surface area contributed by atoms with Gasteiger partial charge in [-0.25, -0.2) is 0 Å². The van der Waals surface area contributed by atoms with Gasteiger partial charge in [-0.05, 0) is 75.6 Å². The van der Waals surface area contributed by atoms with Crippen molar-refractivity contribution >= 4 is 5.71 Å². The first-order chi connectivity index (χ1) is 13.8. The van der Waals surface area contributed by atoms with E-state index in [1.165, 1.54) is 87.7 Å². The fourth-order valence-electron chi connectivity index (χ4n) is 4.59. The van der Waals surface area contributed by atoms with Crippen LogP contribution in [0, 0.1) is 0 Å². The van der Waals surface area contributed by atoms with E-state index in [-0.39, 0.29) is 0 Å². The van der Waals surface area contributed by atoms with Gasteiger partial charge in [0.05, 0.1) is 5.71 Å². The first-order valence-electron chi connectivity index (χ1n) is 11.5. The number of rotatable bonds is 10. The monoisotopic (exact) mass is 382 g/mol. The van der Waals surface area contributed by atoms with E-state index in [1.807, 2.05) is 6.07 Å². The van der Waals surface area contributed by atoms with Crippen LogP contribution in [-0.4, -0.2) is 29.7 Å². The highest BCUT2D eigenvalue weighted by Crippen LogP contribution is 2.36. The topological polar surface area (TPSA) is 24.8 Å². The van der Waals surface area contributed by atoms with Gasteiger partial charge in [0.15, 0.2) is 0 Å². The lowest BCUT2D eigenvalue weighted by atomic mass is 9.78. The molecule has 0 aromatic heterocycles. The van der Waals surface area contributed by atoms with Crippen LogP contribution in [0.3, 0.4) is 0 Å². The van der Waals surface area contributed by atoms with Crippen LogP contribution < -0.4 is 0 Å². The predicted molar refractivity (Wildman–Crippen MR) is 119 cm³/mol. The molecule has 0 saturated heterocycles. The van der Waals surface area contributed by atoms with Crippen molar-refractivity contribution in [2.75, 3.05) is 13.1 Å². The summed E-state index contributed by atoms with van der Waals surface area (Å²) in [5.74, 6) is 0.